The molecule has 5 nitrogen and oxygen atoms in total. The number of halogens is 3. The predicted octanol–water partition coefficient (Wildman–Crippen LogP) is 3.67. The number of pyridine rings is 1. The first-order valence-corrected chi connectivity index (χ1v) is 6.56. The van der Waals surface area contributed by atoms with Crippen molar-refractivity contribution in [1.29, 1.82) is 0 Å². The predicted molar refractivity (Wildman–Crippen MR) is 74.0 cm³/mol. The maximum absolute atomic E-state index is 13.1. The molecule has 0 bridgehead atoms. The highest BCUT2D eigenvalue weighted by Gasteiger charge is 2.43. The van der Waals surface area contributed by atoms with Crippen LogP contribution in [0.1, 0.15) is 0 Å². The second kappa shape index (κ2) is 4.48. The van der Waals surface area contributed by atoms with Gasteiger partial charge in [0.05, 0.1) is 27.9 Å². The zero-order valence-corrected chi connectivity index (χ0v) is 11.5. The second-order valence-corrected chi connectivity index (χ2v) is 4.97. The number of hydrogen-bond acceptors (Lipinski definition) is 5. The van der Waals surface area contributed by atoms with E-state index >= 15 is 0 Å². The third kappa shape index (κ3) is 2.10. The van der Waals surface area contributed by atoms with Gasteiger partial charge in [0.25, 0.3) is 0 Å². The van der Waals surface area contributed by atoms with Crippen LogP contribution in [0, 0.1) is 0 Å². The minimum atomic E-state index is -3.67. The molecular formula is C14H6ClF2N3O2. The highest BCUT2D eigenvalue weighted by molar-refractivity contribution is 6.33. The molecule has 2 aromatic heterocycles. The van der Waals surface area contributed by atoms with Crippen molar-refractivity contribution in [2.45, 2.75) is 6.29 Å². The lowest BCUT2D eigenvalue weighted by Gasteiger charge is -2.04. The van der Waals surface area contributed by atoms with Crippen molar-refractivity contribution in [3.8, 4) is 22.8 Å². The van der Waals surface area contributed by atoms with E-state index < -0.39 is 6.29 Å². The summed E-state index contributed by atoms with van der Waals surface area (Å²) in [5.74, 6) is -0.147. The van der Waals surface area contributed by atoms with Crippen molar-refractivity contribution in [3.05, 3.63) is 41.8 Å². The molecular weight excluding hydrogens is 316 g/mol. The van der Waals surface area contributed by atoms with Gasteiger partial charge in [0.2, 0.25) is 0 Å². The van der Waals surface area contributed by atoms with Crippen LogP contribution in [-0.2, 0) is 0 Å². The highest BCUT2D eigenvalue weighted by Crippen LogP contribution is 2.42. The second-order valence-electron chi connectivity index (χ2n) is 4.57. The van der Waals surface area contributed by atoms with Crippen LogP contribution in [0.15, 0.2) is 36.8 Å². The van der Waals surface area contributed by atoms with E-state index in [-0.39, 0.29) is 11.5 Å². The van der Waals surface area contributed by atoms with Crippen LogP contribution >= 0.6 is 11.6 Å². The van der Waals surface area contributed by atoms with E-state index in [1.54, 1.807) is 12.3 Å². The maximum Gasteiger partial charge on any atom is 0.586 e. The number of ether oxygens (including phenoxy) is 2. The van der Waals surface area contributed by atoms with Crippen molar-refractivity contribution in [2.24, 2.45) is 0 Å². The van der Waals surface area contributed by atoms with Gasteiger partial charge in [-0.25, -0.2) is 4.98 Å². The topological polar surface area (TPSA) is 57.1 Å². The van der Waals surface area contributed by atoms with E-state index in [0.717, 1.165) is 0 Å². The van der Waals surface area contributed by atoms with Crippen molar-refractivity contribution in [1.82, 2.24) is 15.0 Å². The number of rotatable bonds is 1. The molecule has 3 heterocycles. The molecule has 8 heteroatoms. The smallest absolute Gasteiger partial charge is 0.395 e. The van der Waals surface area contributed by atoms with Gasteiger partial charge in [-0.2, -0.15) is 0 Å². The lowest BCUT2D eigenvalue weighted by atomic mass is 10.2. The van der Waals surface area contributed by atoms with Crippen molar-refractivity contribution in [3.63, 3.8) is 0 Å². The summed E-state index contributed by atoms with van der Waals surface area (Å²) in [6.07, 6.45) is 0.900. The average molecular weight is 322 g/mol. The molecule has 110 valence electrons. The summed E-state index contributed by atoms with van der Waals surface area (Å²) in [5, 5.41) is 0.420. The Labute approximate surface area is 127 Å². The molecule has 0 saturated carbocycles. The minimum absolute atomic E-state index is 0.0681. The van der Waals surface area contributed by atoms with Gasteiger partial charge < -0.3 is 9.47 Å². The quantitative estimate of drug-likeness (QED) is 0.684. The average Bonchev–Trinajstić information content (AvgIpc) is 2.77. The van der Waals surface area contributed by atoms with Crippen LogP contribution in [0.25, 0.3) is 22.3 Å². The molecule has 3 aromatic rings. The summed E-state index contributed by atoms with van der Waals surface area (Å²) in [4.78, 5) is 12.5. The monoisotopic (exact) mass is 321 g/mol. The van der Waals surface area contributed by atoms with Gasteiger partial charge in [0.1, 0.15) is 0 Å². The lowest BCUT2D eigenvalue weighted by Crippen LogP contribution is -2.25. The first-order chi connectivity index (χ1) is 10.5. The van der Waals surface area contributed by atoms with Crippen molar-refractivity contribution >= 4 is 22.6 Å². The van der Waals surface area contributed by atoms with Gasteiger partial charge in [-0.3, -0.25) is 9.97 Å². The number of hydrogen-bond donors (Lipinski definition) is 0. The molecule has 0 spiro atoms. The number of alkyl halides is 2. The van der Waals surface area contributed by atoms with Gasteiger partial charge in [0, 0.05) is 30.1 Å². The molecule has 0 N–H and O–H groups in total. The van der Waals surface area contributed by atoms with E-state index in [1.165, 1.54) is 24.5 Å². The Hall–Kier alpha value is -2.54. The van der Waals surface area contributed by atoms with Crippen LogP contribution < -0.4 is 9.47 Å². The molecule has 1 aromatic carbocycles. The Balaban J connectivity index is 1.86. The summed E-state index contributed by atoms with van der Waals surface area (Å²) >= 11 is 6.07. The molecule has 0 fully saturated rings. The molecule has 0 atom stereocenters. The fraction of sp³-hybridized carbons (Fsp3) is 0.0714. The molecule has 0 unspecified atom stereocenters. The van der Waals surface area contributed by atoms with Crippen LogP contribution in [0.5, 0.6) is 11.5 Å². The molecule has 1 aliphatic rings. The zero-order chi connectivity index (χ0) is 15.3. The van der Waals surface area contributed by atoms with Gasteiger partial charge in [0.15, 0.2) is 11.5 Å². The molecule has 0 saturated heterocycles. The Bertz CT molecular complexity index is 904. The highest BCUT2D eigenvalue weighted by atomic mass is 35.5. The fourth-order valence-corrected chi connectivity index (χ4v) is 2.39. The molecule has 1 aliphatic heterocycles. The summed E-state index contributed by atoms with van der Waals surface area (Å²) in [5.41, 5.74) is 1.96. The van der Waals surface area contributed by atoms with Crippen LogP contribution in [0.4, 0.5) is 8.78 Å². The first kappa shape index (κ1) is 13.1. The van der Waals surface area contributed by atoms with Crippen LogP contribution in [0.2, 0.25) is 5.02 Å². The van der Waals surface area contributed by atoms with Crippen molar-refractivity contribution < 1.29 is 18.3 Å². The molecule has 4 rings (SSSR count). The Morgan fingerprint density at radius 2 is 1.77 bits per heavy atom. The summed E-state index contributed by atoms with van der Waals surface area (Å²) in [6.45, 7) is 0. The molecule has 22 heavy (non-hydrogen) atoms. The Morgan fingerprint density at radius 3 is 2.50 bits per heavy atom. The third-order valence-electron chi connectivity index (χ3n) is 3.11. The van der Waals surface area contributed by atoms with Gasteiger partial charge in [-0.15, -0.1) is 8.78 Å². The van der Waals surface area contributed by atoms with Crippen LogP contribution in [-0.4, -0.2) is 21.2 Å². The van der Waals surface area contributed by atoms with Gasteiger partial charge in [-0.1, -0.05) is 11.6 Å². The maximum atomic E-state index is 13.1. The minimum Gasteiger partial charge on any atom is -0.395 e. The van der Waals surface area contributed by atoms with E-state index in [4.69, 9.17) is 11.6 Å². The number of fused-ring (bicyclic) bond motifs is 2. The van der Waals surface area contributed by atoms with Crippen LogP contribution in [0.3, 0.4) is 0 Å². The Morgan fingerprint density at radius 1 is 1.05 bits per heavy atom. The summed E-state index contributed by atoms with van der Waals surface area (Å²) in [6, 6.07) is 4.41. The first-order valence-electron chi connectivity index (χ1n) is 6.18. The fourth-order valence-electron chi connectivity index (χ4n) is 2.17. The van der Waals surface area contributed by atoms with E-state index in [9.17, 15) is 8.78 Å². The SMILES string of the molecule is FC1(F)Oc2cc3ncc(-c4ccncc4Cl)nc3cc2O1. The molecule has 0 radical (unpaired) electrons. The lowest BCUT2D eigenvalue weighted by molar-refractivity contribution is -0.286. The largest absolute Gasteiger partial charge is 0.586 e. The summed E-state index contributed by atoms with van der Waals surface area (Å²) < 4.78 is 34.9. The van der Waals surface area contributed by atoms with Gasteiger partial charge in [-0.05, 0) is 6.07 Å². The standard InChI is InChI=1S/C14H6ClF2N3O2/c15-8-5-18-2-1-7(8)11-6-19-9-3-12-13(4-10(9)20-11)22-14(16,17)21-12/h1-6H. The van der Waals surface area contributed by atoms with E-state index in [2.05, 4.69) is 24.4 Å². The molecule has 0 amide bonds. The number of benzene rings is 1. The van der Waals surface area contributed by atoms with E-state index in [0.29, 0.717) is 27.3 Å². The van der Waals surface area contributed by atoms with Crippen molar-refractivity contribution in [2.75, 3.05) is 0 Å². The Kier molecular flexibility index (Phi) is 2.67. The van der Waals surface area contributed by atoms with Gasteiger partial charge >= 0.3 is 6.29 Å². The number of aromatic nitrogens is 3. The zero-order valence-electron chi connectivity index (χ0n) is 10.8. The normalized spacial score (nSPS) is 15.2. The van der Waals surface area contributed by atoms with E-state index in [1.807, 2.05) is 0 Å². The molecule has 0 aliphatic carbocycles. The third-order valence-corrected chi connectivity index (χ3v) is 3.41. The summed E-state index contributed by atoms with van der Waals surface area (Å²) in [7, 11) is 0. The number of nitrogens with zero attached hydrogens (tertiary/aromatic N) is 3.